The van der Waals surface area contributed by atoms with Gasteiger partial charge >= 0.3 is 8.56 Å². The zero-order valence-corrected chi connectivity index (χ0v) is 14.5. The summed E-state index contributed by atoms with van der Waals surface area (Å²) in [6.45, 7) is 18.2. The van der Waals surface area contributed by atoms with Gasteiger partial charge in [0.15, 0.2) is 0 Å². The zero-order chi connectivity index (χ0) is 14.1. The lowest BCUT2D eigenvalue weighted by Gasteiger charge is -2.47. The van der Waals surface area contributed by atoms with Crippen LogP contribution in [0.4, 0.5) is 0 Å². The van der Waals surface area contributed by atoms with Gasteiger partial charge in [0.25, 0.3) is 0 Å². The van der Waals surface area contributed by atoms with E-state index in [1.54, 1.807) is 0 Å². The predicted octanol–water partition coefficient (Wildman–Crippen LogP) is 4.59. The molecule has 0 aliphatic rings. The molecule has 0 amide bonds. The largest absolute Gasteiger partial charge is 0.397 e. The Morgan fingerprint density at radius 2 is 0.941 bits per heavy atom. The smallest absolute Gasteiger partial charge is 0.344 e. The van der Waals surface area contributed by atoms with Gasteiger partial charge in [-0.25, -0.2) is 0 Å². The molecule has 3 heteroatoms. The summed E-state index contributed by atoms with van der Waals surface area (Å²) < 4.78 is 12.0. The minimum atomic E-state index is -2.22. The van der Waals surface area contributed by atoms with Crippen LogP contribution in [0.2, 0.25) is 11.1 Å². The summed E-state index contributed by atoms with van der Waals surface area (Å²) in [6.07, 6.45) is 0. The molecule has 0 saturated carbocycles. The van der Waals surface area contributed by atoms with Crippen LogP contribution < -0.4 is 0 Å². The van der Waals surface area contributed by atoms with Crippen LogP contribution >= 0.6 is 0 Å². The fourth-order valence-corrected chi connectivity index (χ4v) is 7.12. The van der Waals surface area contributed by atoms with Crippen molar-refractivity contribution in [2.45, 2.75) is 66.5 Å². The standard InChI is InChI=1S/C14H32O2Si/c1-11(13(3,4)5)17(15-9,16-10)12(2)14(6,7)8/h11-12H,1-10H3. The first-order chi connectivity index (χ1) is 7.43. The van der Waals surface area contributed by atoms with E-state index in [0.29, 0.717) is 11.1 Å². The quantitative estimate of drug-likeness (QED) is 0.688. The van der Waals surface area contributed by atoms with Gasteiger partial charge in [0, 0.05) is 25.3 Å². The molecule has 0 N–H and O–H groups in total. The Labute approximate surface area is 109 Å². The van der Waals surface area contributed by atoms with E-state index in [-0.39, 0.29) is 10.8 Å². The average Bonchev–Trinajstić information content (AvgIpc) is 2.17. The van der Waals surface area contributed by atoms with Gasteiger partial charge in [-0.2, -0.15) is 0 Å². The molecule has 0 heterocycles. The van der Waals surface area contributed by atoms with Crippen molar-refractivity contribution >= 4 is 8.56 Å². The van der Waals surface area contributed by atoms with Crippen LogP contribution in [0.1, 0.15) is 55.4 Å². The van der Waals surface area contributed by atoms with Crippen LogP contribution in [0.25, 0.3) is 0 Å². The molecule has 0 radical (unpaired) electrons. The van der Waals surface area contributed by atoms with Crippen LogP contribution in [0.15, 0.2) is 0 Å². The van der Waals surface area contributed by atoms with E-state index < -0.39 is 8.56 Å². The van der Waals surface area contributed by atoms with Gasteiger partial charge < -0.3 is 8.85 Å². The van der Waals surface area contributed by atoms with Crippen LogP contribution in [0.3, 0.4) is 0 Å². The molecule has 0 saturated heterocycles. The molecular formula is C14H32O2Si. The van der Waals surface area contributed by atoms with Crippen molar-refractivity contribution < 1.29 is 8.85 Å². The summed E-state index contributed by atoms with van der Waals surface area (Å²) in [5.41, 5.74) is 1.30. The van der Waals surface area contributed by atoms with E-state index in [9.17, 15) is 0 Å². The maximum atomic E-state index is 5.98. The first-order valence-electron chi connectivity index (χ1n) is 6.53. The van der Waals surface area contributed by atoms with Crippen molar-refractivity contribution in [3.05, 3.63) is 0 Å². The van der Waals surface area contributed by atoms with Crippen LogP contribution in [-0.4, -0.2) is 22.8 Å². The number of hydrogen-bond donors (Lipinski definition) is 0. The Bertz CT molecular complexity index is 212. The summed E-state index contributed by atoms with van der Waals surface area (Å²) in [5.74, 6) is 0. The molecule has 104 valence electrons. The molecule has 0 aromatic rings. The van der Waals surface area contributed by atoms with Gasteiger partial charge in [0.05, 0.1) is 0 Å². The molecule has 0 aliphatic carbocycles. The average molecular weight is 260 g/mol. The third-order valence-electron chi connectivity index (χ3n) is 4.44. The third kappa shape index (κ3) is 3.55. The topological polar surface area (TPSA) is 18.5 Å². The van der Waals surface area contributed by atoms with Crippen LogP contribution in [-0.2, 0) is 8.85 Å². The summed E-state index contributed by atoms with van der Waals surface area (Å²) in [5, 5.41) is 0. The Morgan fingerprint density at radius 3 is 1.06 bits per heavy atom. The maximum Gasteiger partial charge on any atom is 0.344 e. The van der Waals surface area contributed by atoms with Crippen molar-refractivity contribution in [1.29, 1.82) is 0 Å². The molecule has 0 aromatic carbocycles. The summed E-state index contributed by atoms with van der Waals surface area (Å²) >= 11 is 0. The second-order valence-corrected chi connectivity index (χ2v) is 11.3. The van der Waals surface area contributed by atoms with Gasteiger partial charge in [-0.3, -0.25) is 0 Å². The van der Waals surface area contributed by atoms with Crippen molar-refractivity contribution in [3.8, 4) is 0 Å². The Hall–Kier alpha value is 0.137. The van der Waals surface area contributed by atoms with Gasteiger partial charge in [-0.05, 0) is 10.8 Å². The highest BCUT2D eigenvalue weighted by molar-refractivity contribution is 6.70. The van der Waals surface area contributed by atoms with Gasteiger partial charge in [0.2, 0.25) is 0 Å². The summed E-state index contributed by atoms with van der Waals surface area (Å²) in [7, 11) is 1.42. The zero-order valence-electron chi connectivity index (χ0n) is 13.5. The first-order valence-corrected chi connectivity index (χ1v) is 8.51. The molecule has 2 atom stereocenters. The minimum Gasteiger partial charge on any atom is -0.397 e. The predicted molar refractivity (Wildman–Crippen MR) is 77.5 cm³/mol. The Morgan fingerprint density at radius 1 is 0.706 bits per heavy atom. The molecule has 0 fully saturated rings. The van der Waals surface area contributed by atoms with E-state index in [1.165, 1.54) is 0 Å². The van der Waals surface area contributed by atoms with E-state index >= 15 is 0 Å². The highest BCUT2D eigenvalue weighted by atomic mass is 28.4. The van der Waals surface area contributed by atoms with E-state index in [0.717, 1.165) is 0 Å². The maximum absolute atomic E-state index is 5.98. The normalized spacial score (nSPS) is 18.0. The van der Waals surface area contributed by atoms with Crippen molar-refractivity contribution in [3.63, 3.8) is 0 Å². The number of hydrogen-bond acceptors (Lipinski definition) is 2. The molecule has 2 nitrogen and oxygen atoms in total. The van der Waals surface area contributed by atoms with Crippen LogP contribution in [0.5, 0.6) is 0 Å². The fraction of sp³-hybridized carbons (Fsp3) is 1.00. The van der Waals surface area contributed by atoms with Gasteiger partial charge in [-0.15, -0.1) is 0 Å². The van der Waals surface area contributed by atoms with E-state index in [1.807, 2.05) is 14.2 Å². The lowest BCUT2D eigenvalue weighted by Crippen LogP contribution is -2.54. The first kappa shape index (κ1) is 17.1. The summed E-state index contributed by atoms with van der Waals surface area (Å²) in [6, 6.07) is 0. The van der Waals surface area contributed by atoms with Gasteiger partial charge in [-0.1, -0.05) is 55.4 Å². The molecule has 0 rings (SSSR count). The Kier molecular flexibility index (Phi) is 5.46. The fourth-order valence-electron chi connectivity index (χ4n) is 2.37. The van der Waals surface area contributed by atoms with Crippen molar-refractivity contribution in [2.24, 2.45) is 10.8 Å². The molecule has 0 aromatic heterocycles. The van der Waals surface area contributed by atoms with Crippen molar-refractivity contribution in [2.75, 3.05) is 14.2 Å². The molecule has 2 unspecified atom stereocenters. The SMILES string of the molecule is CO[Si](OC)(C(C)C(C)(C)C)C(C)C(C)(C)C. The molecule has 17 heavy (non-hydrogen) atoms. The highest BCUT2D eigenvalue weighted by Gasteiger charge is 2.54. The monoisotopic (exact) mass is 260 g/mol. The molecule has 0 spiro atoms. The molecular weight excluding hydrogens is 228 g/mol. The van der Waals surface area contributed by atoms with Crippen LogP contribution in [0, 0.1) is 10.8 Å². The number of rotatable bonds is 4. The van der Waals surface area contributed by atoms with Gasteiger partial charge in [0.1, 0.15) is 0 Å². The lowest BCUT2D eigenvalue weighted by atomic mass is 9.92. The van der Waals surface area contributed by atoms with E-state index in [2.05, 4.69) is 55.4 Å². The molecule has 0 aliphatic heterocycles. The second-order valence-electron chi connectivity index (χ2n) is 7.31. The molecule has 0 bridgehead atoms. The minimum absolute atomic E-state index is 0.206. The lowest BCUT2D eigenvalue weighted by molar-refractivity contribution is 0.166. The summed E-state index contributed by atoms with van der Waals surface area (Å²) in [4.78, 5) is 0. The second kappa shape index (κ2) is 5.41. The highest BCUT2D eigenvalue weighted by Crippen LogP contribution is 2.50. The third-order valence-corrected chi connectivity index (χ3v) is 9.87. The Balaban J connectivity index is 5.45. The van der Waals surface area contributed by atoms with Crippen molar-refractivity contribution in [1.82, 2.24) is 0 Å². The van der Waals surface area contributed by atoms with E-state index in [4.69, 9.17) is 8.85 Å².